The maximum absolute atomic E-state index is 13.5. The first-order valence-corrected chi connectivity index (χ1v) is 16.4. The molecule has 0 heterocycles. The van der Waals surface area contributed by atoms with Crippen LogP contribution in [0.1, 0.15) is 127 Å². The Morgan fingerprint density at radius 2 is 1.13 bits per heavy atom. The molecular weight excluding hydrogens is 498 g/mol. The van der Waals surface area contributed by atoms with E-state index in [4.69, 9.17) is 11.6 Å². The number of carbonyl (C=O) groups is 1. The topological polar surface area (TPSA) is 20.3 Å². The van der Waals surface area contributed by atoms with Crippen molar-refractivity contribution >= 4 is 38.9 Å². The summed E-state index contributed by atoms with van der Waals surface area (Å²) in [5, 5.41) is 5.12. The van der Waals surface area contributed by atoms with Crippen LogP contribution in [-0.2, 0) is 0 Å². The van der Waals surface area contributed by atoms with Crippen molar-refractivity contribution in [3.8, 4) is 0 Å². The van der Waals surface area contributed by atoms with Gasteiger partial charge in [0.1, 0.15) is 0 Å². The number of carbonyl (C=O) groups excluding carboxylic acids is 1. The third kappa shape index (κ3) is 10.9. The second-order valence-electron chi connectivity index (χ2n) is 11.5. The second-order valence-corrected chi connectivity index (χ2v) is 11.9. The number of Topliss-reactive ketones (excluding diaryl/α,β-unsaturated/α-hetero) is 1. The van der Waals surface area contributed by atoms with Gasteiger partial charge in [0.05, 0.1) is 6.54 Å². The van der Waals surface area contributed by atoms with Gasteiger partial charge in [-0.15, -0.1) is 0 Å². The van der Waals surface area contributed by atoms with E-state index in [0.29, 0.717) is 6.54 Å². The molecule has 0 aliphatic rings. The number of benzene rings is 3. The Morgan fingerprint density at radius 1 is 0.615 bits per heavy atom. The smallest absolute Gasteiger partial charge is 0.176 e. The van der Waals surface area contributed by atoms with Gasteiger partial charge < -0.3 is 0 Å². The standard InChI is InChI=1S/C36H52ClNO/c1-3-5-7-9-11-13-15-19-25-38(26-20-16-14-12-10-8-6-4-2)29-36(39)31-24-23-30-28-35(37)33-22-18-17-21-32(33)34(30)27-31/h17-18,21-24,27-28H,3-16,19-20,25-26,29H2,1-2H3. The molecule has 3 aromatic carbocycles. The molecule has 0 N–H and O–H groups in total. The van der Waals surface area contributed by atoms with Gasteiger partial charge in [0, 0.05) is 16.0 Å². The van der Waals surface area contributed by atoms with Crippen LogP contribution in [0.3, 0.4) is 0 Å². The molecule has 0 bridgehead atoms. The van der Waals surface area contributed by atoms with Crippen molar-refractivity contribution < 1.29 is 4.79 Å². The number of halogens is 1. The number of ketones is 1. The molecule has 0 unspecified atom stereocenters. The van der Waals surface area contributed by atoms with Crippen molar-refractivity contribution in [2.75, 3.05) is 19.6 Å². The molecule has 3 aromatic rings. The van der Waals surface area contributed by atoms with Gasteiger partial charge in [0.25, 0.3) is 0 Å². The highest BCUT2D eigenvalue weighted by Gasteiger charge is 2.14. The molecule has 0 fully saturated rings. The lowest BCUT2D eigenvalue weighted by atomic mass is 9.98. The zero-order valence-corrected chi connectivity index (χ0v) is 25.5. The molecule has 2 nitrogen and oxygen atoms in total. The van der Waals surface area contributed by atoms with E-state index >= 15 is 0 Å². The summed E-state index contributed by atoms with van der Waals surface area (Å²) in [5.74, 6) is 0.232. The maximum Gasteiger partial charge on any atom is 0.176 e. The molecule has 0 amide bonds. The fraction of sp³-hybridized carbons (Fsp3) is 0.583. The van der Waals surface area contributed by atoms with E-state index in [1.807, 2.05) is 24.3 Å². The lowest BCUT2D eigenvalue weighted by Gasteiger charge is -2.22. The summed E-state index contributed by atoms with van der Waals surface area (Å²) in [4.78, 5) is 15.9. The van der Waals surface area contributed by atoms with E-state index in [1.165, 1.54) is 103 Å². The van der Waals surface area contributed by atoms with Crippen LogP contribution in [0, 0.1) is 0 Å². The first-order valence-electron chi connectivity index (χ1n) is 16.0. The quantitative estimate of drug-likeness (QED) is 0.0747. The molecular formula is C36H52ClNO. The predicted octanol–water partition coefficient (Wildman–Crippen LogP) is 11.4. The first-order chi connectivity index (χ1) is 19.1. The fourth-order valence-corrected chi connectivity index (χ4v) is 6.01. The highest BCUT2D eigenvalue weighted by atomic mass is 35.5. The Hall–Kier alpha value is -1.90. The minimum atomic E-state index is 0.232. The third-order valence-electron chi connectivity index (χ3n) is 8.16. The Balaban J connectivity index is 1.57. The highest BCUT2D eigenvalue weighted by molar-refractivity contribution is 6.37. The molecule has 3 rings (SSSR count). The zero-order chi connectivity index (χ0) is 27.7. The molecule has 0 radical (unpaired) electrons. The van der Waals surface area contributed by atoms with E-state index in [1.54, 1.807) is 0 Å². The average Bonchev–Trinajstić information content (AvgIpc) is 2.95. The Labute approximate surface area is 243 Å². The van der Waals surface area contributed by atoms with Gasteiger partial charge in [-0.1, -0.05) is 152 Å². The van der Waals surface area contributed by atoms with Crippen molar-refractivity contribution in [1.29, 1.82) is 0 Å². The number of fused-ring (bicyclic) bond motifs is 3. The summed E-state index contributed by atoms with van der Waals surface area (Å²) in [7, 11) is 0. The van der Waals surface area contributed by atoms with Crippen molar-refractivity contribution in [2.24, 2.45) is 0 Å². The van der Waals surface area contributed by atoms with Crippen LogP contribution in [0.2, 0.25) is 5.02 Å². The highest BCUT2D eigenvalue weighted by Crippen LogP contribution is 2.32. The lowest BCUT2D eigenvalue weighted by molar-refractivity contribution is 0.0927. The van der Waals surface area contributed by atoms with Crippen molar-refractivity contribution in [1.82, 2.24) is 4.90 Å². The summed E-state index contributed by atoms with van der Waals surface area (Å²) >= 11 is 6.54. The molecule has 3 heteroatoms. The Bertz CT molecular complexity index is 1100. The number of nitrogens with zero attached hydrogens (tertiary/aromatic N) is 1. The molecule has 39 heavy (non-hydrogen) atoms. The SMILES string of the molecule is CCCCCCCCCCN(CCCCCCCCCC)CC(=O)c1ccc2cc(Cl)c3ccccc3c2c1. The lowest BCUT2D eigenvalue weighted by Crippen LogP contribution is -2.32. The molecule has 0 aromatic heterocycles. The summed E-state index contributed by atoms with van der Waals surface area (Å²) in [6, 6.07) is 16.4. The first kappa shape index (κ1) is 31.6. The van der Waals surface area contributed by atoms with E-state index in [2.05, 4.69) is 43.0 Å². The van der Waals surface area contributed by atoms with Crippen LogP contribution in [0.15, 0.2) is 48.5 Å². The van der Waals surface area contributed by atoms with E-state index in [0.717, 1.165) is 45.2 Å². The monoisotopic (exact) mass is 549 g/mol. The summed E-state index contributed by atoms with van der Waals surface area (Å²) in [6.45, 7) is 7.13. The van der Waals surface area contributed by atoms with Gasteiger partial charge in [-0.3, -0.25) is 9.69 Å². The van der Waals surface area contributed by atoms with Gasteiger partial charge in [0.15, 0.2) is 5.78 Å². The minimum Gasteiger partial charge on any atom is -0.296 e. The predicted molar refractivity (Wildman–Crippen MR) is 172 cm³/mol. The van der Waals surface area contributed by atoms with Crippen molar-refractivity contribution in [2.45, 2.75) is 117 Å². The number of hydrogen-bond acceptors (Lipinski definition) is 2. The number of unbranched alkanes of at least 4 members (excludes halogenated alkanes) is 14. The number of rotatable bonds is 21. The van der Waals surface area contributed by atoms with Gasteiger partial charge in [-0.05, 0) is 54.2 Å². The molecule has 214 valence electrons. The summed E-state index contributed by atoms with van der Waals surface area (Å²) in [5.41, 5.74) is 0.812. The molecule has 0 atom stereocenters. The van der Waals surface area contributed by atoms with Crippen LogP contribution >= 0.6 is 11.6 Å². The third-order valence-corrected chi connectivity index (χ3v) is 8.47. The van der Waals surface area contributed by atoms with Crippen LogP contribution in [0.5, 0.6) is 0 Å². The summed E-state index contributed by atoms with van der Waals surface area (Å²) in [6.07, 6.45) is 21.1. The molecule has 0 spiro atoms. The molecule has 0 aliphatic carbocycles. The van der Waals surface area contributed by atoms with Gasteiger partial charge in [0.2, 0.25) is 0 Å². The van der Waals surface area contributed by atoms with Gasteiger partial charge >= 0.3 is 0 Å². The molecule has 0 aliphatic heterocycles. The van der Waals surface area contributed by atoms with Gasteiger partial charge in [-0.2, -0.15) is 0 Å². The van der Waals surface area contributed by atoms with Crippen molar-refractivity contribution in [3.63, 3.8) is 0 Å². The Morgan fingerprint density at radius 3 is 1.69 bits per heavy atom. The van der Waals surface area contributed by atoms with E-state index in [-0.39, 0.29) is 5.78 Å². The second kappa shape index (κ2) is 18.4. The van der Waals surface area contributed by atoms with Crippen LogP contribution in [-0.4, -0.2) is 30.3 Å². The zero-order valence-electron chi connectivity index (χ0n) is 24.8. The average molecular weight is 550 g/mol. The number of hydrogen-bond donors (Lipinski definition) is 0. The molecule has 0 saturated carbocycles. The Kier molecular flexibility index (Phi) is 15.0. The van der Waals surface area contributed by atoms with Crippen LogP contribution in [0.4, 0.5) is 0 Å². The fourth-order valence-electron chi connectivity index (χ4n) is 5.73. The minimum absolute atomic E-state index is 0.232. The van der Waals surface area contributed by atoms with E-state index in [9.17, 15) is 4.79 Å². The van der Waals surface area contributed by atoms with Crippen molar-refractivity contribution in [3.05, 3.63) is 59.1 Å². The summed E-state index contributed by atoms with van der Waals surface area (Å²) < 4.78 is 0. The van der Waals surface area contributed by atoms with Crippen LogP contribution < -0.4 is 0 Å². The van der Waals surface area contributed by atoms with Gasteiger partial charge in [-0.25, -0.2) is 0 Å². The largest absolute Gasteiger partial charge is 0.296 e. The molecule has 0 saturated heterocycles. The van der Waals surface area contributed by atoms with E-state index < -0.39 is 0 Å². The van der Waals surface area contributed by atoms with Crippen LogP contribution in [0.25, 0.3) is 21.5 Å². The maximum atomic E-state index is 13.5. The normalized spacial score (nSPS) is 11.7.